The van der Waals surface area contributed by atoms with Gasteiger partial charge in [0.05, 0.1) is 11.0 Å². The number of rotatable bonds is 1. The zero-order valence-electron chi connectivity index (χ0n) is 10.9. The lowest BCUT2D eigenvalue weighted by Gasteiger charge is -2.36. The molecule has 1 saturated carbocycles. The van der Waals surface area contributed by atoms with E-state index in [2.05, 4.69) is 15.6 Å². The Kier molecular flexibility index (Phi) is 2.64. The summed E-state index contributed by atoms with van der Waals surface area (Å²) in [5.74, 6) is 1.14. The summed E-state index contributed by atoms with van der Waals surface area (Å²) in [6.45, 7) is 0. The number of hydrogen-bond acceptors (Lipinski definition) is 3. The van der Waals surface area contributed by atoms with E-state index in [0.29, 0.717) is 5.92 Å². The fraction of sp³-hybridized carbons (Fsp3) is 0.533. The first-order valence-corrected chi connectivity index (χ1v) is 8.11. The average molecular weight is 274 g/mol. The number of thioether (sulfide) groups is 1. The minimum absolute atomic E-state index is 0.382. The molecule has 1 aliphatic carbocycles. The van der Waals surface area contributed by atoms with E-state index in [1.54, 1.807) is 11.8 Å². The Hall–Kier alpha value is -1.00. The van der Waals surface area contributed by atoms with Crippen LogP contribution in [0.4, 0.5) is 0 Å². The Morgan fingerprint density at radius 1 is 1.21 bits per heavy atom. The average Bonchev–Trinajstić information content (AvgIpc) is 2.99. The lowest BCUT2D eigenvalue weighted by atomic mass is 9.82. The highest BCUT2D eigenvalue weighted by Crippen LogP contribution is 2.47. The number of hydrogen-bond donors (Lipinski definition) is 1. The zero-order valence-corrected chi connectivity index (χ0v) is 11.7. The molecule has 0 bridgehead atoms. The van der Waals surface area contributed by atoms with Crippen LogP contribution in [0, 0.1) is 5.92 Å². The van der Waals surface area contributed by atoms with Gasteiger partial charge in [0.15, 0.2) is 10.9 Å². The topological polar surface area (TPSA) is 38.1 Å². The molecular formula is C15H18N2OS. The standard InChI is InChI=1S/C15H18N2OS/c18-15(11-6-2-1-3-7-11)10-19-14-16-12-8-4-5-9-13(12)17(14)15/h4-5,8-9,11,18H,1-3,6-7,10H2. The first-order chi connectivity index (χ1) is 9.29. The summed E-state index contributed by atoms with van der Waals surface area (Å²) in [5.41, 5.74) is 1.35. The second kappa shape index (κ2) is 4.25. The second-order valence-corrected chi connectivity index (χ2v) is 6.66. The van der Waals surface area contributed by atoms with Crippen molar-refractivity contribution in [3.8, 4) is 0 Å². The van der Waals surface area contributed by atoms with Crippen molar-refractivity contribution in [3.05, 3.63) is 24.3 Å². The zero-order chi connectivity index (χ0) is 12.9. The van der Waals surface area contributed by atoms with Crippen molar-refractivity contribution in [2.24, 2.45) is 5.92 Å². The van der Waals surface area contributed by atoms with Crippen LogP contribution in [-0.2, 0) is 5.72 Å². The number of nitrogens with zero attached hydrogens (tertiary/aromatic N) is 2. The minimum Gasteiger partial charge on any atom is -0.369 e. The van der Waals surface area contributed by atoms with Crippen LogP contribution >= 0.6 is 11.8 Å². The summed E-state index contributed by atoms with van der Waals surface area (Å²) >= 11 is 1.70. The summed E-state index contributed by atoms with van der Waals surface area (Å²) in [7, 11) is 0. The predicted octanol–water partition coefficient (Wildman–Crippen LogP) is 3.37. The lowest BCUT2D eigenvalue weighted by molar-refractivity contribution is -0.0794. The molecule has 1 N–H and O–H groups in total. The minimum atomic E-state index is -0.726. The first kappa shape index (κ1) is 11.8. The van der Waals surface area contributed by atoms with Gasteiger partial charge in [-0.15, -0.1) is 0 Å². The van der Waals surface area contributed by atoms with Gasteiger partial charge in [-0.2, -0.15) is 0 Å². The molecule has 0 saturated heterocycles. The van der Waals surface area contributed by atoms with Gasteiger partial charge in [0.1, 0.15) is 0 Å². The smallest absolute Gasteiger partial charge is 0.171 e. The van der Waals surface area contributed by atoms with Crippen molar-refractivity contribution in [1.82, 2.24) is 9.55 Å². The van der Waals surface area contributed by atoms with E-state index in [1.807, 2.05) is 18.2 Å². The van der Waals surface area contributed by atoms with Gasteiger partial charge in [-0.25, -0.2) is 4.98 Å². The third-order valence-corrected chi connectivity index (χ3v) is 5.69. The van der Waals surface area contributed by atoms with Crippen LogP contribution in [0.15, 0.2) is 29.4 Å². The fourth-order valence-electron chi connectivity index (χ4n) is 3.58. The molecule has 4 rings (SSSR count). The number of benzene rings is 1. The summed E-state index contributed by atoms with van der Waals surface area (Å²) in [4.78, 5) is 4.65. The highest BCUT2D eigenvalue weighted by molar-refractivity contribution is 7.99. The molecule has 2 heterocycles. The van der Waals surface area contributed by atoms with Crippen molar-refractivity contribution in [2.75, 3.05) is 5.75 Å². The number of imidazole rings is 1. The molecule has 1 aliphatic heterocycles. The summed E-state index contributed by atoms with van der Waals surface area (Å²) in [6.07, 6.45) is 6.10. The highest BCUT2D eigenvalue weighted by atomic mass is 32.2. The van der Waals surface area contributed by atoms with Crippen molar-refractivity contribution >= 4 is 22.8 Å². The Morgan fingerprint density at radius 2 is 2.00 bits per heavy atom. The number of aromatic nitrogens is 2. The van der Waals surface area contributed by atoms with Gasteiger partial charge in [-0.1, -0.05) is 43.2 Å². The quantitative estimate of drug-likeness (QED) is 0.866. The van der Waals surface area contributed by atoms with E-state index in [-0.39, 0.29) is 0 Å². The maximum atomic E-state index is 11.3. The normalized spacial score (nSPS) is 27.8. The van der Waals surface area contributed by atoms with E-state index in [4.69, 9.17) is 0 Å². The third-order valence-electron chi connectivity index (χ3n) is 4.59. The first-order valence-electron chi connectivity index (χ1n) is 7.12. The molecule has 3 nitrogen and oxygen atoms in total. The molecule has 1 aromatic carbocycles. The molecular weight excluding hydrogens is 256 g/mol. The van der Waals surface area contributed by atoms with Crippen LogP contribution in [0.3, 0.4) is 0 Å². The molecule has 100 valence electrons. The van der Waals surface area contributed by atoms with Crippen LogP contribution in [0.25, 0.3) is 11.0 Å². The molecule has 0 amide bonds. The molecule has 0 radical (unpaired) electrons. The van der Waals surface area contributed by atoms with E-state index in [0.717, 1.165) is 34.8 Å². The maximum absolute atomic E-state index is 11.3. The summed E-state index contributed by atoms with van der Waals surface area (Å²) < 4.78 is 2.10. The van der Waals surface area contributed by atoms with Crippen molar-refractivity contribution in [2.45, 2.75) is 43.0 Å². The van der Waals surface area contributed by atoms with Gasteiger partial charge in [0, 0.05) is 11.7 Å². The maximum Gasteiger partial charge on any atom is 0.171 e. The van der Waals surface area contributed by atoms with Gasteiger partial charge in [0.2, 0.25) is 0 Å². The summed E-state index contributed by atoms with van der Waals surface area (Å²) in [5, 5.41) is 12.2. The molecule has 1 aromatic heterocycles. The van der Waals surface area contributed by atoms with Crippen LogP contribution in [-0.4, -0.2) is 20.4 Å². The van der Waals surface area contributed by atoms with Crippen LogP contribution < -0.4 is 0 Å². The predicted molar refractivity (Wildman–Crippen MR) is 77.2 cm³/mol. The Morgan fingerprint density at radius 3 is 2.84 bits per heavy atom. The van der Waals surface area contributed by atoms with E-state index < -0.39 is 5.72 Å². The SMILES string of the molecule is OC1(C2CCCCC2)CSc2nc3ccccc3n21. The Balaban J connectivity index is 1.85. The van der Waals surface area contributed by atoms with E-state index in [1.165, 1.54) is 19.3 Å². The van der Waals surface area contributed by atoms with Crippen LogP contribution in [0.5, 0.6) is 0 Å². The van der Waals surface area contributed by atoms with Crippen LogP contribution in [0.1, 0.15) is 32.1 Å². The van der Waals surface area contributed by atoms with Gasteiger partial charge in [-0.05, 0) is 25.0 Å². The number of para-hydroxylation sites is 2. The third kappa shape index (κ3) is 1.66. The van der Waals surface area contributed by atoms with Crippen molar-refractivity contribution in [1.29, 1.82) is 0 Å². The van der Waals surface area contributed by atoms with Crippen LogP contribution in [0.2, 0.25) is 0 Å². The van der Waals surface area contributed by atoms with Gasteiger partial charge >= 0.3 is 0 Å². The van der Waals surface area contributed by atoms with Crippen molar-refractivity contribution in [3.63, 3.8) is 0 Å². The highest BCUT2D eigenvalue weighted by Gasteiger charge is 2.45. The largest absolute Gasteiger partial charge is 0.369 e. The monoisotopic (exact) mass is 274 g/mol. The van der Waals surface area contributed by atoms with Gasteiger partial charge < -0.3 is 5.11 Å². The molecule has 1 fully saturated rings. The van der Waals surface area contributed by atoms with E-state index in [9.17, 15) is 5.11 Å². The Labute approximate surface area is 117 Å². The number of aliphatic hydroxyl groups is 1. The van der Waals surface area contributed by atoms with Crippen molar-refractivity contribution < 1.29 is 5.11 Å². The molecule has 2 aliphatic rings. The number of fused-ring (bicyclic) bond motifs is 3. The van der Waals surface area contributed by atoms with E-state index >= 15 is 0 Å². The summed E-state index contributed by atoms with van der Waals surface area (Å²) in [6, 6.07) is 8.14. The fourth-order valence-corrected chi connectivity index (χ4v) is 4.83. The molecule has 1 atom stereocenters. The van der Waals surface area contributed by atoms with Gasteiger partial charge in [-0.3, -0.25) is 4.57 Å². The molecule has 19 heavy (non-hydrogen) atoms. The second-order valence-electron chi connectivity index (χ2n) is 5.72. The molecule has 4 heteroatoms. The molecule has 1 unspecified atom stereocenters. The molecule has 0 spiro atoms. The Bertz CT molecular complexity index is 618. The van der Waals surface area contributed by atoms with Gasteiger partial charge in [0.25, 0.3) is 0 Å². The lowest BCUT2D eigenvalue weighted by Crippen LogP contribution is -2.41. The molecule has 2 aromatic rings.